The van der Waals surface area contributed by atoms with Crippen molar-refractivity contribution in [1.82, 2.24) is 10.6 Å². The standard InChI is InChI=1S/C14H26N2O3/c1-9(2)13-11(4-6-19-13)8-15-14(17)16-12-5-7-18-10(12)3/h9-13H,4-8H2,1-3H3,(H2,15,16,17)/t10?,11-,12?,13-/m1/s1. The lowest BCUT2D eigenvalue weighted by Gasteiger charge is -2.23. The summed E-state index contributed by atoms with van der Waals surface area (Å²) in [5.41, 5.74) is 0. The second-order valence-corrected chi connectivity index (χ2v) is 5.95. The fraction of sp³-hybridized carbons (Fsp3) is 0.929. The second-order valence-electron chi connectivity index (χ2n) is 5.95. The zero-order valence-corrected chi connectivity index (χ0v) is 12.1. The molecule has 0 saturated carbocycles. The first kappa shape index (κ1) is 14.6. The van der Waals surface area contributed by atoms with Gasteiger partial charge in [0.2, 0.25) is 0 Å². The molecular formula is C14H26N2O3. The molecule has 110 valence electrons. The summed E-state index contributed by atoms with van der Waals surface area (Å²) in [6, 6.07) is 0.0532. The molecule has 5 nitrogen and oxygen atoms in total. The predicted octanol–water partition coefficient (Wildman–Crippen LogP) is 1.52. The zero-order valence-electron chi connectivity index (χ0n) is 12.1. The minimum atomic E-state index is -0.0863. The van der Waals surface area contributed by atoms with Gasteiger partial charge < -0.3 is 20.1 Å². The molecule has 19 heavy (non-hydrogen) atoms. The van der Waals surface area contributed by atoms with Crippen LogP contribution in [0, 0.1) is 11.8 Å². The van der Waals surface area contributed by atoms with Crippen LogP contribution in [0.4, 0.5) is 4.79 Å². The van der Waals surface area contributed by atoms with Gasteiger partial charge in [0, 0.05) is 25.7 Å². The summed E-state index contributed by atoms with van der Waals surface area (Å²) in [6.45, 7) is 8.57. The van der Waals surface area contributed by atoms with E-state index in [0.29, 0.717) is 18.4 Å². The van der Waals surface area contributed by atoms with Crippen molar-refractivity contribution >= 4 is 6.03 Å². The van der Waals surface area contributed by atoms with Crippen LogP contribution in [0.5, 0.6) is 0 Å². The largest absolute Gasteiger partial charge is 0.378 e. The van der Waals surface area contributed by atoms with Crippen molar-refractivity contribution in [2.24, 2.45) is 11.8 Å². The van der Waals surface area contributed by atoms with E-state index in [4.69, 9.17) is 9.47 Å². The van der Waals surface area contributed by atoms with E-state index < -0.39 is 0 Å². The number of nitrogens with one attached hydrogen (secondary N) is 2. The van der Waals surface area contributed by atoms with Gasteiger partial charge in [0.05, 0.1) is 18.2 Å². The Kier molecular flexibility index (Phi) is 5.05. The molecule has 0 aromatic carbocycles. The SMILES string of the molecule is CC1OCCC1NC(=O)NC[C@H]1CCO[C@@H]1C(C)C. The molecule has 2 amide bonds. The maximum Gasteiger partial charge on any atom is 0.315 e. The molecule has 0 radical (unpaired) electrons. The first-order valence-corrected chi connectivity index (χ1v) is 7.35. The molecule has 5 heteroatoms. The Labute approximate surface area is 115 Å². The molecule has 2 heterocycles. The molecule has 2 saturated heterocycles. The molecule has 0 spiro atoms. The van der Waals surface area contributed by atoms with Crippen LogP contribution in [0.15, 0.2) is 0 Å². The van der Waals surface area contributed by atoms with E-state index in [1.54, 1.807) is 0 Å². The Bertz CT molecular complexity index is 309. The molecule has 0 aromatic heterocycles. The lowest BCUT2D eigenvalue weighted by atomic mass is 9.93. The summed E-state index contributed by atoms with van der Waals surface area (Å²) in [7, 11) is 0. The fourth-order valence-corrected chi connectivity index (χ4v) is 2.98. The Morgan fingerprint density at radius 2 is 2.00 bits per heavy atom. The smallest absolute Gasteiger partial charge is 0.315 e. The van der Waals surface area contributed by atoms with Crippen molar-refractivity contribution in [2.75, 3.05) is 19.8 Å². The first-order chi connectivity index (χ1) is 9.08. The molecule has 2 unspecified atom stereocenters. The van der Waals surface area contributed by atoms with E-state index in [0.717, 1.165) is 26.1 Å². The first-order valence-electron chi connectivity index (χ1n) is 7.35. The van der Waals surface area contributed by atoms with Crippen LogP contribution in [0.25, 0.3) is 0 Å². The van der Waals surface area contributed by atoms with Crippen molar-refractivity contribution in [3.63, 3.8) is 0 Å². The summed E-state index contributed by atoms with van der Waals surface area (Å²) in [5, 5.41) is 5.95. The minimum Gasteiger partial charge on any atom is -0.378 e. The highest BCUT2D eigenvalue weighted by Gasteiger charge is 2.31. The highest BCUT2D eigenvalue weighted by molar-refractivity contribution is 5.74. The highest BCUT2D eigenvalue weighted by atomic mass is 16.5. The topological polar surface area (TPSA) is 59.6 Å². The zero-order chi connectivity index (χ0) is 13.8. The monoisotopic (exact) mass is 270 g/mol. The number of ether oxygens (including phenoxy) is 2. The molecule has 0 bridgehead atoms. The Balaban J connectivity index is 1.71. The molecule has 0 aromatic rings. The van der Waals surface area contributed by atoms with Crippen LogP contribution >= 0.6 is 0 Å². The van der Waals surface area contributed by atoms with Crippen LogP contribution in [0.1, 0.15) is 33.6 Å². The molecular weight excluding hydrogens is 244 g/mol. The normalized spacial score (nSPS) is 34.7. The lowest BCUT2D eigenvalue weighted by Crippen LogP contribution is -2.46. The molecule has 2 fully saturated rings. The summed E-state index contributed by atoms with van der Waals surface area (Å²) in [5.74, 6) is 0.934. The number of hydrogen-bond acceptors (Lipinski definition) is 3. The summed E-state index contributed by atoms with van der Waals surface area (Å²) in [6.07, 6.45) is 2.32. The van der Waals surface area contributed by atoms with Gasteiger partial charge in [-0.1, -0.05) is 13.8 Å². The van der Waals surface area contributed by atoms with Crippen LogP contribution in [-0.4, -0.2) is 44.0 Å². The van der Waals surface area contributed by atoms with Gasteiger partial charge in [-0.25, -0.2) is 4.79 Å². The van der Waals surface area contributed by atoms with Gasteiger partial charge in [0.15, 0.2) is 0 Å². The van der Waals surface area contributed by atoms with Crippen LogP contribution in [-0.2, 0) is 9.47 Å². The van der Waals surface area contributed by atoms with Crippen LogP contribution in [0.3, 0.4) is 0 Å². The Hall–Kier alpha value is -0.810. The number of carbonyl (C=O) groups is 1. The number of hydrogen-bond donors (Lipinski definition) is 2. The summed E-state index contributed by atoms with van der Waals surface area (Å²) < 4.78 is 11.1. The molecule has 2 N–H and O–H groups in total. The fourth-order valence-electron chi connectivity index (χ4n) is 2.98. The maximum absolute atomic E-state index is 11.9. The third kappa shape index (κ3) is 3.83. The quantitative estimate of drug-likeness (QED) is 0.814. The number of amides is 2. The second kappa shape index (κ2) is 6.57. The van der Waals surface area contributed by atoms with Gasteiger partial charge in [0.1, 0.15) is 0 Å². The summed E-state index contributed by atoms with van der Waals surface area (Å²) in [4.78, 5) is 11.9. The van der Waals surface area contributed by atoms with Crippen molar-refractivity contribution in [3.8, 4) is 0 Å². The van der Waals surface area contributed by atoms with Gasteiger partial charge in [-0.05, 0) is 25.7 Å². The maximum atomic E-state index is 11.9. The van der Waals surface area contributed by atoms with Crippen LogP contribution < -0.4 is 10.6 Å². The van der Waals surface area contributed by atoms with Crippen molar-refractivity contribution < 1.29 is 14.3 Å². The third-order valence-corrected chi connectivity index (χ3v) is 4.14. The van der Waals surface area contributed by atoms with Gasteiger partial charge in [0.25, 0.3) is 0 Å². The van der Waals surface area contributed by atoms with E-state index in [-0.39, 0.29) is 24.3 Å². The van der Waals surface area contributed by atoms with Crippen molar-refractivity contribution in [2.45, 2.75) is 51.9 Å². The predicted molar refractivity (Wildman–Crippen MR) is 73.0 cm³/mol. The number of urea groups is 1. The van der Waals surface area contributed by atoms with E-state index in [9.17, 15) is 4.79 Å². The molecule has 0 aliphatic carbocycles. The molecule has 2 aliphatic rings. The molecule has 2 rings (SSSR count). The van der Waals surface area contributed by atoms with E-state index >= 15 is 0 Å². The number of carbonyl (C=O) groups excluding carboxylic acids is 1. The van der Waals surface area contributed by atoms with Crippen LogP contribution in [0.2, 0.25) is 0 Å². The average Bonchev–Trinajstić information content (AvgIpc) is 2.96. The van der Waals surface area contributed by atoms with Gasteiger partial charge in [-0.3, -0.25) is 0 Å². The Morgan fingerprint density at radius 1 is 1.26 bits per heavy atom. The molecule has 2 aliphatic heterocycles. The van der Waals surface area contributed by atoms with Crippen molar-refractivity contribution in [1.29, 1.82) is 0 Å². The lowest BCUT2D eigenvalue weighted by molar-refractivity contribution is 0.0544. The van der Waals surface area contributed by atoms with Gasteiger partial charge in [-0.2, -0.15) is 0 Å². The number of rotatable bonds is 4. The Morgan fingerprint density at radius 3 is 2.63 bits per heavy atom. The van der Waals surface area contributed by atoms with E-state index in [1.807, 2.05) is 6.92 Å². The average molecular weight is 270 g/mol. The summed E-state index contributed by atoms with van der Waals surface area (Å²) >= 11 is 0. The van der Waals surface area contributed by atoms with Gasteiger partial charge in [-0.15, -0.1) is 0 Å². The minimum absolute atomic E-state index is 0.0863. The van der Waals surface area contributed by atoms with E-state index in [2.05, 4.69) is 24.5 Å². The third-order valence-electron chi connectivity index (χ3n) is 4.14. The van der Waals surface area contributed by atoms with Crippen molar-refractivity contribution in [3.05, 3.63) is 0 Å². The van der Waals surface area contributed by atoms with Gasteiger partial charge >= 0.3 is 6.03 Å². The highest BCUT2D eigenvalue weighted by Crippen LogP contribution is 2.26. The molecule has 4 atom stereocenters. The van der Waals surface area contributed by atoms with E-state index in [1.165, 1.54) is 0 Å².